The number of imidazole rings is 1. The van der Waals surface area contributed by atoms with Crippen LogP contribution in [0.3, 0.4) is 0 Å². The van der Waals surface area contributed by atoms with Crippen molar-refractivity contribution in [2.75, 3.05) is 11.9 Å². The van der Waals surface area contributed by atoms with E-state index < -0.39 is 11.9 Å². The molecule has 7 nitrogen and oxygen atoms in total. The van der Waals surface area contributed by atoms with Crippen LogP contribution >= 0.6 is 34.5 Å². The molecule has 29 heavy (non-hydrogen) atoms. The van der Waals surface area contributed by atoms with Crippen LogP contribution in [0.5, 0.6) is 0 Å². The number of aryl methyl sites for hydroxylation is 1. The van der Waals surface area contributed by atoms with Crippen molar-refractivity contribution in [2.24, 2.45) is 7.05 Å². The Kier molecular flexibility index (Phi) is 6.63. The number of halogens is 2. The highest BCUT2D eigenvalue weighted by atomic mass is 35.5. The number of anilines is 1. The highest BCUT2D eigenvalue weighted by molar-refractivity contribution is 7.17. The van der Waals surface area contributed by atoms with Crippen LogP contribution in [0.2, 0.25) is 10.4 Å². The molecule has 0 saturated carbocycles. The Balaban J connectivity index is 1.95. The number of hydrogen-bond acceptors (Lipinski definition) is 6. The molecule has 1 amide bonds. The van der Waals surface area contributed by atoms with Gasteiger partial charge in [-0.25, -0.2) is 9.78 Å². The Morgan fingerprint density at radius 3 is 2.72 bits per heavy atom. The highest BCUT2D eigenvalue weighted by Gasteiger charge is 2.28. The zero-order valence-corrected chi connectivity index (χ0v) is 18.2. The third-order valence-electron chi connectivity index (χ3n) is 4.56. The van der Waals surface area contributed by atoms with Crippen LogP contribution in [0.25, 0.3) is 6.08 Å². The van der Waals surface area contributed by atoms with Crippen molar-refractivity contribution >= 4 is 57.5 Å². The molecule has 1 aliphatic carbocycles. The molecule has 0 spiro atoms. The van der Waals surface area contributed by atoms with Crippen molar-refractivity contribution in [1.82, 2.24) is 9.55 Å². The zero-order chi connectivity index (χ0) is 21.1. The van der Waals surface area contributed by atoms with Crippen LogP contribution < -0.4 is 5.32 Å². The van der Waals surface area contributed by atoms with E-state index in [9.17, 15) is 14.9 Å². The van der Waals surface area contributed by atoms with Gasteiger partial charge >= 0.3 is 5.97 Å². The van der Waals surface area contributed by atoms with Gasteiger partial charge in [-0.2, -0.15) is 5.26 Å². The third kappa shape index (κ3) is 4.32. The molecule has 0 bridgehead atoms. The van der Waals surface area contributed by atoms with Crippen LogP contribution in [-0.2, 0) is 29.4 Å². The molecule has 2 aromatic rings. The first-order chi connectivity index (χ1) is 13.9. The average molecular weight is 453 g/mol. The van der Waals surface area contributed by atoms with Crippen LogP contribution in [-0.4, -0.2) is 28.0 Å². The summed E-state index contributed by atoms with van der Waals surface area (Å²) in [6, 6.07) is 1.86. The van der Waals surface area contributed by atoms with Crippen LogP contribution in [0.1, 0.15) is 46.3 Å². The molecular weight excluding hydrogens is 435 g/mol. The molecule has 10 heteroatoms. The maximum absolute atomic E-state index is 12.8. The van der Waals surface area contributed by atoms with Crippen molar-refractivity contribution in [2.45, 2.75) is 32.6 Å². The van der Waals surface area contributed by atoms with Gasteiger partial charge in [0.05, 0.1) is 17.9 Å². The summed E-state index contributed by atoms with van der Waals surface area (Å²) in [6.45, 7) is 1.97. The van der Waals surface area contributed by atoms with Gasteiger partial charge in [-0.05, 0) is 55.8 Å². The Labute approximate surface area is 181 Å². The predicted octanol–water partition coefficient (Wildman–Crippen LogP) is 4.39. The van der Waals surface area contributed by atoms with E-state index in [0.29, 0.717) is 16.3 Å². The Morgan fingerprint density at radius 2 is 2.10 bits per heavy atom. The van der Waals surface area contributed by atoms with Gasteiger partial charge in [0.15, 0.2) is 5.15 Å². The maximum atomic E-state index is 12.8. The number of carbonyl (C=O) groups is 2. The summed E-state index contributed by atoms with van der Waals surface area (Å²) < 4.78 is 6.65. The zero-order valence-electron chi connectivity index (χ0n) is 15.8. The summed E-state index contributed by atoms with van der Waals surface area (Å²) in [5.74, 6) is -1.11. The lowest BCUT2D eigenvalue weighted by Crippen LogP contribution is -2.17. The fourth-order valence-electron chi connectivity index (χ4n) is 3.14. The van der Waals surface area contributed by atoms with Gasteiger partial charge in [0.2, 0.25) is 5.28 Å². The molecule has 0 radical (unpaired) electrons. The Bertz CT molecular complexity index is 1050. The summed E-state index contributed by atoms with van der Waals surface area (Å²) in [6.07, 6.45) is 4.94. The van der Waals surface area contributed by atoms with Crippen LogP contribution in [0, 0.1) is 11.3 Å². The smallest absolute Gasteiger partial charge is 0.341 e. The topological polar surface area (TPSA) is 97.0 Å². The van der Waals surface area contributed by atoms with Gasteiger partial charge in [0, 0.05) is 11.9 Å². The van der Waals surface area contributed by atoms with Crippen LogP contribution in [0.4, 0.5) is 5.00 Å². The second-order valence-electron chi connectivity index (χ2n) is 6.38. The second kappa shape index (κ2) is 8.99. The number of ether oxygens (including phenoxy) is 1. The minimum Gasteiger partial charge on any atom is -0.462 e. The molecule has 2 heterocycles. The van der Waals surface area contributed by atoms with E-state index in [1.165, 1.54) is 22.0 Å². The Hall–Kier alpha value is -2.34. The first kappa shape index (κ1) is 21.4. The minimum atomic E-state index is -0.648. The van der Waals surface area contributed by atoms with Gasteiger partial charge in [-0.3, -0.25) is 4.79 Å². The van der Waals surface area contributed by atoms with Gasteiger partial charge in [0.25, 0.3) is 5.91 Å². The molecule has 0 aliphatic heterocycles. The van der Waals surface area contributed by atoms with Crippen molar-refractivity contribution in [3.05, 3.63) is 37.7 Å². The molecule has 0 fully saturated rings. The first-order valence-corrected chi connectivity index (χ1v) is 10.6. The van der Waals surface area contributed by atoms with Crippen molar-refractivity contribution < 1.29 is 14.3 Å². The second-order valence-corrected chi connectivity index (χ2v) is 8.18. The lowest BCUT2D eigenvalue weighted by Gasteiger charge is -2.12. The number of nitrogens with zero attached hydrogens (tertiary/aromatic N) is 3. The molecule has 2 aromatic heterocycles. The fourth-order valence-corrected chi connectivity index (χ4v) is 4.89. The predicted molar refractivity (Wildman–Crippen MR) is 112 cm³/mol. The number of carbonyl (C=O) groups excluding carboxylic acids is 2. The SMILES string of the molecule is CCOC(=O)c1c(NC(=O)C(C#N)=Cc2c(Cl)nc(Cl)n2C)sc2c1CCCC2. The Morgan fingerprint density at radius 1 is 1.38 bits per heavy atom. The lowest BCUT2D eigenvalue weighted by molar-refractivity contribution is -0.112. The molecular formula is C19H18Cl2N4O3S. The largest absolute Gasteiger partial charge is 0.462 e. The monoisotopic (exact) mass is 452 g/mol. The minimum absolute atomic E-state index is 0.0804. The lowest BCUT2D eigenvalue weighted by atomic mass is 9.95. The summed E-state index contributed by atoms with van der Waals surface area (Å²) >= 11 is 13.3. The number of aromatic nitrogens is 2. The van der Waals surface area contributed by atoms with E-state index in [-0.39, 0.29) is 22.6 Å². The number of nitrogens with one attached hydrogen (secondary N) is 1. The van der Waals surface area contributed by atoms with Gasteiger partial charge < -0.3 is 14.6 Å². The van der Waals surface area contributed by atoms with E-state index in [0.717, 1.165) is 36.1 Å². The standard InChI is InChI=1S/C19H18Cl2N4O3S/c1-3-28-18(27)14-11-6-4-5-7-13(11)29-17(14)24-16(26)10(9-22)8-12-15(20)23-19(21)25(12)2/h8H,3-7H2,1-2H3,(H,24,26). The van der Waals surface area contributed by atoms with E-state index in [4.69, 9.17) is 27.9 Å². The number of thiophene rings is 1. The fraction of sp³-hybridized carbons (Fsp3) is 0.368. The number of esters is 1. The number of amides is 1. The quantitative estimate of drug-likeness (QED) is 0.412. The van der Waals surface area contributed by atoms with E-state index in [2.05, 4.69) is 10.3 Å². The van der Waals surface area contributed by atoms with E-state index >= 15 is 0 Å². The van der Waals surface area contributed by atoms with Crippen LogP contribution in [0.15, 0.2) is 5.57 Å². The normalized spacial score (nSPS) is 13.6. The third-order valence-corrected chi connectivity index (χ3v) is 6.39. The van der Waals surface area contributed by atoms with Gasteiger partial charge in [-0.15, -0.1) is 11.3 Å². The number of rotatable bonds is 5. The van der Waals surface area contributed by atoms with Crippen molar-refractivity contribution in [3.8, 4) is 6.07 Å². The average Bonchev–Trinajstić information content (AvgIpc) is 3.16. The van der Waals surface area contributed by atoms with Gasteiger partial charge in [0.1, 0.15) is 16.6 Å². The highest BCUT2D eigenvalue weighted by Crippen LogP contribution is 2.38. The molecule has 0 saturated heterocycles. The number of fused-ring (bicyclic) bond motifs is 1. The maximum Gasteiger partial charge on any atom is 0.341 e. The summed E-state index contributed by atoms with van der Waals surface area (Å²) in [4.78, 5) is 30.2. The molecule has 0 aromatic carbocycles. The van der Waals surface area contributed by atoms with E-state index in [1.54, 1.807) is 14.0 Å². The summed E-state index contributed by atoms with van der Waals surface area (Å²) in [5, 5.41) is 12.8. The van der Waals surface area contributed by atoms with Crippen molar-refractivity contribution in [3.63, 3.8) is 0 Å². The first-order valence-electron chi connectivity index (χ1n) is 8.99. The van der Waals surface area contributed by atoms with Gasteiger partial charge in [-0.1, -0.05) is 11.6 Å². The molecule has 0 atom stereocenters. The molecule has 0 unspecified atom stereocenters. The molecule has 1 N–H and O–H groups in total. The summed E-state index contributed by atoms with van der Waals surface area (Å²) in [7, 11) is 1.62. The number of hydrogen-bond donors (Lipinski definition) is 1. The molecule has 152 valence electrons. The summed E-state index contributed by atoms with van der Waals surface area (Å²) in [5.41, 5.74) is 1.46. The molecule has 1 aliphatic rings. The molecule has 3 rings (SSSR count). The van der Waals surface area contributed by atoms with Crippen molar-refractivity contribution in [1.29, 1.82) is 5.26 Å². The van der Waals surface area contributed by atoms with E-state index in [1.807, 2.05) is 6.07 Å². The number of nitriles is 1.